The molecule has 0 saturated heterocycles. The summed E-state index contributed by atoms with van der Waals surface area (Å²) in [7, 11) is 1.56. The fraction of sp³-hybridized carbons (Fsp3) is 0.286. The second-order valence-electron chi connectivity index (χ2n) is 13.8. The summed E-state index contributed by atoms with van der Waals surface area (Å²) in [5, 5.41) is 3.20. The molecular formula is C42H45FN4O6. The zero-order chi connectivity index (χ0) is 38.3. The molecule has 1 aliphatic heterocycles. The van der Waals surface area contributed by atoms with Gasteiger partial charge in [-0.1, -0.05) is 73.3 Å². The third-order valence-corrected chi connectivity index (χ3v) is 8.42. The molecule has 0 fully saturated rings. The molecule has 1 aromatic heterocycles. The number of nitrogens with zero attached hydrogens (tertiary/aromatic N) is 3. The number of hydrogen-bond acceptors (Lipinski definition) is 7. The van der Waals surface area contributed by atoms with Crippen molar-refractivity contribution in [3.05, 3.63) is 137 Å². The summed E-state index contributed by atoms with van der Waals surface area (Å²) in [4.78, 5) is 48.2. The lowest BCUT2D eigenvalue weighted by molar-refractivity contribution is 0.0498. The number of alkyl carbamates (subject to hydrolysis) is 1. The van der Waals surface area contributed by atoms with Crippen LogP contribution in [0.2, 0.25) is 0 Å². The molecule has 2 atom stereocenters. The van der Waals surface area contributed by atoms with E-state index in [0.717, 1.165) is 16.7 Å². The van der Waals surface area contributed by atoms with Crippen molar-refractivity contribution in [3.8, 4) is 11.5 Å². The van der Waals surface area contributed by atoms with Gasteiger partial charge in [0.1, 0.15) is 28.8 Å². The van der Waals surface area contributed by atoms with Crippen molar-refractivity contribution in [2.75, 3.05) is 13.6 Å². The Bertz CT molecular complexity index is 2040. The monoisotopic (exact) mass is 720 g/mol. The molecule has 3 aromatic carbocycles. The smallest absolute Gasteiger partial charge is 0.415 e. The first-order valence-corrected chi connectivity index (χ1v) is 17.4. The highest BCUT2D eigenvalue weighted by molar-refractivity contribution is 6.09. The summed E-state index contributed by atoms with van der Waals surface area (Å²) in [5.74, 6) is -0.331. The standard InChI is InChI=1S/C42H45FN4O6/c1-8-10-15-29(9-2)36(30-16-12-11-13-17-30)51-38-34-33(26-47(39(34)48)25-28-19-21-31(43)22-20-28)37(32-18-14-23-44-35(32)38)52-41(50)46(7)24-27(3)45-40(49)53-42(4,5)6/h8-23,27,36H,1,24-26H2,2-7H3,(H,45,49)/b15-10-,29-9+. The second-order valence-corrected chi connectivity index (χ2v) is 13.8. The van der Waals surface area contributed by atoms with Crippen molar-refractivity contribution >= 4 is 29.0 Å². The Hall–Kier alpha value is -5.97. The predicted molar refractivity (Wildman–Crippen MR) is 202 cm³/mol. The quantitative estimate of drug-likeness (QED) is 0.146. The van der Waals surface area contributed by atoms with E-state index in [1.54, 1.807) is 76.2 Å². The van der Waals surface area contributed by atoms with Crippen LogP contribution in [0.1, 0.15) is 67.8 Å². The zero-order valence-corrected chi connectivity index (χ0v) is 30.9. The molecule has 1 aliphatic rings. The van der Waals surface area contributed by atoms with E-state index in [1.807, 2.05) is 55.5 Å². The largest absolute Gasteiger partial charge is 0.478 e. The van der Waals surface area contributed by atoms with Crippen LogP contribution >= 0.6 is 0 Å². The molecule has 0 saturated carbocycles. The Labute approximate surface area is 309 Å². The summed E-state index contributed by atoms with van der Waals surface area (Å²) in [6, 6.07) is 18.6. The number of hydrogen-bond donors (Lipinski definition) is 1. The van der Waals surface area contributed by atoms with Gasteiger partial charge in [-0.15, -0.1) is 0 Å². The van der Waals surface area contributed by atoms with Crippen molar-refractivity contribution in [2.24, 2.45) is 0 Å². The molecule has 276 valence electrons. The molecule has 2 heterocycles. The predicted octanol–water partition coefficient (Wildman–Crippen LogP) is 8.68. The van der Waals surface area contributed by atoms with E-state index < -0.39 is 29.9 Å². The molecule has 3 amide bonds. The van der Waals surface area contributed by atoms with Crippen molar-refractivity contribution in [3.63, 3.8) is 0 Å². The molecule has 5 rings (SSSR count). The molecule has 0 bridgehead atoms. The average molecular weight is 721 g/mol. The molecule has 10 nitrogen and oxygen atoms in total. The normalized spacial score (nSPS) is 14.1. The fourth-order valence-electron chi connectivity index (χ4n) is 6.06. The van der Waals surface area contributed by atoms with Gasteiger partial charge in [0.2, 0.25) is 0 Å². The maximum Gasteiger partial charge on any atom is 0.415 e. The minimum absolute atomic E-state index is 0.0819. The van der Waals surface area contributed by atoms with Crippen LogP contribution in [0.3, 0.4) is 0 Å². The van der Waals surface area contributed by atoms with E-state index in [1.165, 1.54) is 17.0 Å². The lowest BCUT2D eigenvalue weighted by atomic mass is 9.99. The van der Waals surface area contributed by atoms with Gasteiger partial charge in [0.15, 0.2) is 5.75 Å². The fourth-order valence-corrected chi connectivity index (χ4v) is 6.06. The SMILES string of the molecule is C=C/C=C\C(=C/C)C(Oc1c2c(c(OC(=O)N(C)CC(C)NC(=O)OC(C)(C)C)c3cccnc13)CN(Cc1ccc(F)cc1)C2=O)c1ccccc1. The number of nitrogens with one attached hydrogen (secondary N) is 1. The number of carbonyl (C=O) groups excluding carboxylic acids is 3. The van der Waals surface area contributed by atoms with Crippen molar-refractivity contribution in [1.82, 2.24) is 20.1 Å². The Morgan fingerprint density at radius 2 is 1.79 bits per heavy atom. The minimum Gasteiger partial charge on any atom is -0.478 e. The average Bonchev–Trinajstić information content (AvgIpc) is 3.44. The number of halogens is 1. The van der Waals surface area contributed by atoms with Gasteiger partial charge >= 0.3 is 12.2 Å². The number of likely N-dealkylation sites (N-methyl/N-ethyl adjacent to an activating group) is 1. The summed E-state index contributed by atoms with van der Waals surface area (Å²) in [6.07, 6.45) is 6.94. The van der Waals surface area contributed by atoms with Crippen molar-refractivity contribution in [2.45, 2.75) is 65.5 Å². The van der Waals surface area contributed by atoms with Crippen LogP contribution in [-0.2, 0) is 17.8 Å². The Balaban J connectivity index is 1.58. The number of ether oxygens (including phenoxy) is 3. The molecular weight excluding hydrogens is 675 g/mol. The molecule has 53 heavy (non-hydrogen) atoms. The number of rotatable bonds is 12. The Morgan fingerprint density at radius 3 is 2.45 bits per heavy atom. The Morgan fingerprint density at radius 1 is 1.08 bits per heavy atom. The summed E-state index contributed by atoms with van der Waals surface area (Å²) in [6.45, 7) is 13.1. The van der Waals surface area contributed by atoms with Crippen LogP contribution in [0, 0.1) is 5.82 Å². The maximum atomic E-state index is 14.5. The molecule has 0 radical (unpaired) electrons. The van der Waals surface area contributed by atoms with Crippen LogP contribution in [0.5, 0.6) is 11.5 Å². The van der Waals surface area contributed by atoms with Gasteiger partial charge in [0.05, 0.1) is 12.1 Å². The van der Waals surface area contributed by atoms with E-state index in [4.69, 9.17) is 14.2 Å². The van der Waals surface area contributed by atoms with E-state index in [0.29, 0.717) is 16.5 Å². The van der Waals surface area contributed by atoms with E-state index in [2.05, 4.69) is 16.9 Å². The van der Waals surface area contributed by atoms with Gasteiger partial charge in [-0.25, -0.2) is 14.0 Å². The first kappa shape index (κ1) is 38.3. The molecule has 2 unspecified atom stereocenters. The van der Waals surface area contributed by atoms with E-state index >= 15 is 0 Å². The minimum atomic E-state index is -0.707. The summed E-state index contributed by atoms with van der Waals surface area (Å²) in [5.41, 5.74) is 2.69. The number of carbonyl (C=O) groups is 3. The van der Waals surface area contributed by atoms with Gasteiger partial charge in [0, 0.05) is 43.3 Å². The molecule has 0 spiro atoms. The number of amides is 3. The van der Waals surface area contributed by atoms with Crippen LogP contribution in [0.4, 0.5) is 14.0 Å². The number of allylic oxidation sites excluding steroid dienone is 3. The molecule has 1 N–H and O–H groups in total. The highest BCUT2D eigenvalue weighted by Gasteiger charge is 2.38. The van der Waals surface area contributed by atoms with Gasteiger partial charge in [-0.05, 0) is 75.6 Å². The van der Waals surface area contributed by atoms with Crippen LogP contribution in [0.25, 0.3) is 10.9 Å². The van der Waals surface area contributed by atoms with Gasteiger partial charge in [-0.3, -0.25) is 9.78 Å². The first-order chi connectivity index (χ1) is 25.3. The third-order valence-electron chi connectivity index (χ3n) is 8.42. The highest BCUT2D eigenvalue weighted by atomic mass is 19.1. The van der Waals surface area contributed by atoms with Crippen LogP contribution in [0.15, 0.2) is 109 Å². The van der Waals surface area contributed by atoms with E-state index in [9.17, 15) is 18.8 Å². The molecule has 0 aliphatic carbocycles. The lowest BCUT2D eigenvalue weighted by Gasteiger charge is -2.26. The summed E-state index contributed by atoms with van der Waals surface area (Å²) >= 11 is 0. The zero-order valence-electron chi connectivity index (χ0n) is 30.9. The van der Waals surface area contributed by atoms with Crippen LogP contribution < -0.4 is 14.8 Å². The van der Waals surface area contributed by atoms with E-state index in [-0.39, 0.29) is 48.4 Å². The number of pyridine rings is 1. The number of fused-ring (bicyclic) bond motifs is 2. The highest BCUT2D eigenvalue weighted by Crippen LogP contribution is 2.47. The summed E-state index contributed by atoms with van der Waals surface area (Å²) < 4.78 is 32.2. The maximum absolute atomic E-state index is 14.5. The Kier molecular flexibility index (Phi) is 12.0. The molecule has 11 heteroatoms. The lowest BCUT2D eigenvalue weighted by Crippen LogP contribution is -2.45. The molecule has 4 aromatic rings. The van der Waals surface area contributed by atoms with Crippen LogP contribution in [-0.4, -0.2) is 58.1 Å². The van der Waals surface area contributed by atoms with Crippen molar-refractivity contribution in [1.29, 1.82) is 0 Å². The van der Waals surface area contributed by atoms with Crippen molar-refractivity contribution < 1.29 is 33.0 Å². The number of aromatic nitrogens is 1. The number of benzene rings is 3. The van der Waals surface area contributed by atoms with Gasteiger partial charge < -0.3 is 29.3 Å². The van der Waals surface area contributed by atoms with Gasteiger partial charge in [0.25, 0.3) is 5.91 Å². The topological polar surface area (TPSA) is 110 Å². The van der Waals surface area contributed by atoms with Gasteiger partial charge in [-0.2, -0.15) is 0 Å². The second kappa shape index (κ2) is 16.6. The first-order valence-electron chi connectivity index (χ1n) is 17.4. The third kappa shape index (κ3) is 9.29.